The molecule has 0 atom stereocenters. The number of hydrogen-bond acceptors (Lipinski definition) is 4. The largest absolute Gasteiger partial charge is 0.439 e. The van der Waals surface area contributed by atoms with Crippen molar-refractivity contribution in [3.63, 3.8) is 0 Å². The van der Waals surface area contributed by atoms with E-state index in [9.17, 15) is 4.79 Å². The number of rotatable bonds is 5. The molecule has 144 valence electrons. The summed E-state index contributed by atoms with van der Waals surface area (Å²) in [6.45, 7) is 3.89. The number of pyridine rings is 1. The lowest BCUT2D eigenvalue weighted by Crippen LogP contribution is -2.13. The zero-order valence-electron chi connectivity index (χ0n) is 16.2. The number of carbonyl (C=O) groups excluding carboxylic acids is 1. The SMILES string of the molecule is Cc1ccc(Oc2ccc(NC(=O)c3ccc(-n4ccnc4)cc3C)cc2)nc1. The highest BCUT2D eigenvalue weighted by molar-refractivity contribution is 6.05. The van der Waals surface area contributed by atoms with Crippen molar-refractivity contribution in [3.8, 4) is 17.3 Å². The van der Waals surface area contributed by atoms with Crippen molar-refractivity contribution in [2.75, 3.05) is 5.32 Å². The molecule has 1 amide bonds. The molecule has 29 heavy (non-hydrogen) atoms. The Morgan fingerprint density at radius 3 is 2.52 bits per heavy atom. The third kappa shape index (κ3) is 4.32. The first-order valence-corrected chi connectivity index (χ1v) is 9.19. The van der Waals surface area contributed by atoms with Gasteiger partial charge < -0.3 is 14.6 Å². The molecule has 2 aromatic heterocycles. The number of hydrogen-bond donors (Lipinski definition) is 1. The Morgan fingerprint density at radius 1 is 1.03 bits per heavy atom. The summed E-state index contributed by atoms with van der Waals surface area (Å²) in [5.74, 6) is 1.02. The van der Waals surface area contributed by atoms with Gasteiger partial charge in [-0.1, -0.05) is 6.07 Å². The van der Waals surface area contributed by atoms with Gasteiger partial charge in [0.15, 0.2) is 0 Å². The zero-order valence-corrected chi connectivity index (χ0v) is 16.2. The summed E-state index contributed by atoms with van der Waals surface area (Å²) in [6.07, 6.45) is 7.07. The molecule has 6 heteroatoms. The second kappa shape index (κ2) is 7.98. The highest BCUT2D eigenvalue weighted by Gasteiger charge is 2.11. The van der Waals surface area contributed by atoms with E-state index in [0.29, 0.717) is 22.9 Å². The van der Waals surface area contributed by atoms with Crippen LogP contribution in [-0.2, 0) is 0 Å². The van der Waals surface area contributed by atoms with Gasteiger partial charge in [0.05, 0.1) is 6.33 Å². The van der Waals surface area contributed by atoms with Crippen LogP contribution in [0, 0.1) is 13.8 Å². The second-order valence-corrected chi connectivity index (χ2v) is 6.72. The fourth-order valence-electron chi connectivity index (χ4n) is 2.92. The van der Waals surface area contributed by atoms with Gasteiger partial charge >= 0.3 is 0 Å². The first kappa shape index (κ1) is 18.4. The van der Waals surface area contributed by atoms with Gasteiger partial charge in [0.1, 0.15) is 5.75 Å². The highest BCUT2D eigenvalue weighted by atomic mass is 16.5. The third-order valence-electron chi connectivity index (χ3n) is 4.48. The molecule has 0 spiro atoms. The molecule has 6 nitrogen and oxygen atoms in total. The normalized spacial score (nSPS) is 10.6. The van der Waals surface area contributed by atoms with Crippen molar-refractivity contribution in [2.24, 2.45) is 0 Å². The molecular weight excluding hydrogens is 364 g/mol. The van der Waals surface area contributed by atoms with E-state index in [4.69, 9.17) is 4.74 Å². The van der Waals surface area contributed by atoms with Crippen LogP contribution in [0.25, 0.3) is 5.69 Å². The average molecular weight is 384 g/mol. The quantitative estimate of drug-likeness (QED) is 0.530. The summed E-state index contributed by atoms with van der Waals surface area (Å²) in [6, 6.07) is 16.6. The van der Waals surface area contributed by atoms with Gasteiger partial charge in [0.2, 0.25) is 5.88 Å². The smallest absolute Gasteiger partial charge is 0.255 e. The van der Waals surface area contributed by atoms with Crippen LogP contribution in [0.15, 0.2) is 79.5 Å². The number of carbonyl (C=O) groups is 1. The molecule has 0 unspecified atom stereocenters. The molecular formula is C23H20N4O2. The standard InChI is InChI=1S/C23H20N4O2/c1-16-3-10-22(25-14-16)29-20-7-4-18(5-8-20)26-23(28)21-9-6-19(13-17(21)2)27-12-11-24-15-27/h3-15H,1-2H3,(H,26,28). The molecule has 4 aromatic rings. The van der Waals surface area contributed by atoms with Crippen molar-refractivity contribution in [2.45, 2.75) is 13.8 Å². The minimum atomic E-state index is -0.159. The first-order valence-electron chi connectivity index (χ1n) is 9.19. The van der Waals surface area contributed by atoms with Gasteiger partial charge in [0, 0.05) is 41.6 Å². The Morgan fingerprint density at radius 2 is 1.86 bits per heavy atom. The van der Waals surface area contributed by atoms with Crippen LogP contribution in [-0.4, -0.2) is 20.4 Å². The summed E-state index contributed by atoms with van der Waals surface area (Å²) in [5, 5.41) is 2.92. The monoisotopic (exact) mass is 384 g/mol. The van der Waals surface area contributed by atoms with Crippen molar-refractivity contribution in [1.82, 2.24) is 14.5 Å². The molecule has 0 bridgehead atoms. The zero-order chi connectivity index (χ0) is 20.2. The Hall–Kier alpha value is -3.93. The molecule has 0 saturated heterocycles. The maximum atomic E-state index is 12.7. The van der Waals surface area contributed by atoms with Gasteiger partial charge in [-0.3, -0.25) is 4.79 Å². The van der Waals surface area contributed by atoms with Crippen LogP contribution in [0.3, 0.4) is 0 Å². The number of aromatic nitrogens is 3. The first-order chi connectivity index (χ1) is 14.1. The second-order valence-electron chi connectivity index (χ2n) is 6.72. The molecule has 0 aliphatic heterocycles. The fraction of sp³-hybridized carbons (Fsp3) is 0.0870. The average Bonchev–Trinajstić information content (AvgIpc) is 3.26. The number of anilines is 1. The van der Waals surface area contributed by atoms with Crippen molar-refractivity contribution < 1.29 is 9.53 Å². The van der Waals surface area contributed by atoms with E-state index in [1.54, 1.807) is 43.0 Å². The molecule has 0 aliphatic carbocycles. The molecule has 1 N–H and O–H groups in total. The van der Waals surface area contributed by atoms with Gasteiger partial charge in [-0.15, -0.1) is 0 Å². The van der Waals surface area contributed by atoms with Crippen LogP contribution in [0.2, 0.25) is 0 Å². The maximum Gasteiger partial charge on any atom is 0.255 e. The summed E-state index contributed by atoms with van der Waals surface area (Å²) in [7, 11) is 0. The summed E-state index contributed by atoms with van der Waals surface area (Å²) >= 11 is 0. The van der Waals surface area contributed by atoms with Crippen molar-refractivity contribution >= 4 is 11.6 Å². The molecule has 2 heterocycles. The summed E-state index contributed by atoms with van der Waals surface area (Å²) in [4.78, 5) is 20.9. The Kier molecular flexibility index (Phi) is 5.07. The summed E-state index contributed by atoms with van der Waals surface area (Å²) < 4.78 is 7.61. The molecule has 0 aliphatic rings. The predicted molar refractivity (Wildman–Crippen MR) is 112 cm³/mol. The van der Waals surface area contributed by atoms with E-state index in [0.717, 1.165) is 16.8 Å². The van der Waals surface area contributed by atoms with Crippen molar-refractivity contribution in [3.05, 3.63) is 96.2 Å². The fourth-order valence-corrected chi connectivity index (χ4v) is 2.92. The number of aryl methyl sites for hydroxylation is 2. The van der Waals surface area contributed by atoms with E-state index in [1.165, 1.54) is 0 Å². The molecule has 0 saturated carbocycles. The van der Waals surface area contributed by atoms with Crippen LogP contribution >= 0.6 is 0 Å². The predicted octanol–water partition coefficient (Wildman–Crippen LogP) is 4.93. The van der Waals surface area contributed by atoms with E-state index < -0.39 is 0 Å². The number of benzene rings is 2. The van der Waals surface area contributed by atoms with Crippen LogP contribution in [0.5, 0.6) is 11.6 Å². The topological polar surface area (TPSA) is 69.0 Å². The van der Waals surface area contributed by atoms with Gasteiger partial charge in [0.25, 0.3) is 5.91 Å². The molecule has 2 aromatic carbocycles. The number of nitrogens with one attached hydrogen (secondary N) is 1. The van der Waals surface area contributed by atoms with Crippen LogP contribution in [0.4, 0.5) is 5.69 Å². The molecule has 0 radical (unpaired) electrons. The Bertz CT molecular complexity index is 1120. The lowest BCUT2D eigenvalue weighted by Gasteiger charge is -2.11. The van der Waals surface area contributed by atoms with E-state index in [-0.39, 0.29) is 5.91 Å². The van der Waals surface area contributed by atoms with E-state index in [1.807, 2.05) is 54.9 Å². The van der Waals surface area contributed by atoms with E-state index >= 15 is 0 Å². The minimum Gasteiger partial charge on any atom is -0.439 e. The lowest BCUT2D eigenvalue weighted by atomic mass is 10.1. The van der Waals surface area contributed by atoms with Gasteiger partial charge in [-0.25, -0.2) is 9.97 Å². The maximum absolute atomic E-state index is 12.7. The third-order valence-corrected chi connectivity index (χ3v) is 4.48. The Labute approximate surface area is 168 Å². The number of ether oxygens (including phenoxy) is 1. The number of imidazole rings is 1. The van der Waals surface area contributed by atoms with Crippen molar-refractivity contribution in [1.29, 1.82) is 0 Å². The number of amides is 1. The van der Waals surface area contributed by atoms with E-state index in [2.05, 4.69) is 15.3 Å². The van der Waals surface area contributed by atoms with Crippen LogP contribution < -0.4 is 10.1 Å². The number of nitrogens with zero attached hydrogens (tertiary/aromatic N) is 3. The molecule has 0 fully saturated rings. The minimum absolute atomic E-state index is 0.159. The lowest BCUT2D eigenvalue weighted by molar-refractivity contribution is 0.102. The van der Waals surface area contributed by atoms with Gasteiger partial charge in [-0.2, -0.15) is 0 Å². The van der Waals surface area contributed by atoms with Gasteiger partial charge in [-0.05, 0) is 67.4 Å². The van der Waals surface area contributed by atoms with Crippen LogP contribution in [0.1, 0.15) is 21.5 Å². The molecule has 4 rings (SSSR count). The highest BCUT2D eigenvalue weighted by Crippen LogP contribution is 2.22. The Balaban J connectivity index is 1.43. The summed E-state index contributed by atoms with van der Waals surface area (Å²) in [5.41, 5.74) is 4.24.